The van der Waals surface area contributed by atoms with Crippen LogP contribution in [0.15, 0.2) is 30.3 Å². The van der Waals surface area contributed by atoms with E-state index in [1.54, 1.807) is 7.11 Å². The smallest absolute Gasteiger partial charge is 0.307 e. The molecule has 0 unspecified atom stereocenters. The molecule has 0 atom stereocenters. The highest BCUT2D eigenvalue weighted by Crippen LogP contribution is 2.04. The standard InChI is InChI=1S/C15H23NO4/c1-18-10-5-11-19-12-13-20-15(17)8-9-16-14-6-3-2-4-7-14/h2-4,6-7,16H,5,8-13H2,1H3. The first-order valence-corrected chi connectivity index (χ1v) is 6.84. The van der Waals surface area contributed by atoms with Gasteiger partial charge in [0.25, 0.3) is 0 Å². The monoisotopic (exact) mass is 281 g/mol. The summed E-state index contributed by atoms with van der Waals surface area (Å²) in [6.07, 6.45) is 1.20. The van der Waals surface area contributed by atoms with Crippen molar-refractivity contribution in [2.24, 2.45) is 0 Å². The molecule has 0 saturated heterocycles. The number of carbonyl (C=O) groups excluding carboxylic acids is 1. The average molecular weight is 281 g/mol. The molecule has 112 valence electrons. The van der Waals surface area contributed by atoms with Crippen molar-refractivity contribution in [1.29, 1.82) is 0 Å². The van der Waals surface area contributed by atoms with Crippen LogP contribution in [-0.2, 0) is 19.0 Å². The van der Waals surface area contributed by atoms with Gasteiger partial charge in [0.1, 0.15) is 6.61 Å². The van der Waals surface area contributed by atoms with Crippen molar-refractivity contribution in [3.05, 3.63) is 30.3 Å². The highest BCUT2D eigenvalue weighted by molar-refractivity contribution is 5.70. The summed E-state index contributed by atoms with van der Waals surface area (Å²) in [5.41, 5.74) is 1.00. The zero-order valence-corrected chi connectivity index (χ0v) is 12.0. The molecule has 0 aliphatic heterocycles. The predicted molar refractivity (Wildman–Crippen MR) is 77.8 cm³/mol. The highest BCUT2D eigenvalue weighted by Gasteiger charge is 2.02. The minimum absolute atomic E-state index is 0.214. The highest BCUT2D eigenvalue weighted by atomic mass is 16.6. The van der Waals surface area contributed by atoms with E-state index < -0.39 is 0 Å². The molecule has 0 spiro atoms. The van der Waals surface area contributed by atoms with Crippen molar-refractivity contribution in [1.82, 2.24) is 0 Å². The van der Waals surface area contributed by atoms with Gasteiger partial charge in [-0.25, -0.2) is 0 Å². The third kappa shape index (κ3) is 8.50. The summed E-state index contributed by atoms with van der Waals surface area (Å²) < 4.78 is 15.2. The molecule has 1 N–H and O–H groups in total. The Morgan fingerprint density at radius 1 is 1.10 bits per heavy atom. The van der Waals surface area contributed by atoms with Crippen LogP contribution in [0.3, 0.4) is 0 Å². The maximum absolute atomic E-state index is 11.4. The van der Waals surface area contributed by atoms with Gasteiger partial charge in [0.2, 0.25) is 0 Å². The molecular formula is C15H23NO4. The first-order valence-electron chi connectivity index (χ1n) is 6.84. The van der Waals surface area contributed by atoms with Crippen LogP contribution in [-0.4, -0.2) is 46.1 Å². The van der Waals surface area contributed by atoms with Gasteiger partial charge in [-0.15, -0.1) is 0 Å². The first kappa shape index (κ1) is 16.5. The Bertz CT molecular complexity index is 356. The number of carbonyl (C=O) groups is 1. The fraction of sp³-hybridized carbons (Fsp3) is 0.533. The van der Waals surface area contributed by atoms with Gasteiger partial charge in [-0.1, -0.05) is 18.2 Å². The molecule has 0 fully saturated rings. The number of hydrogen-bond donors (Lipinski definition) is 1. The molecular weight excluding hydrogens is 258 g/mol. The minimum Gasteiger partial charge on any atom is -0.463 e. The maximum atomic E-state index is 11.4. The normalized spacial score (nSPS) is 10.2. The zero-order valence-electron chi connectivity index (χ0n) is 12.0. The van der Waals surface area contributed by atoms with Crippen molar-refractivity contribution in [3.63, 3.8) is 0 Å². The van der Waals surface area contributed by atoms with Gasteiger partial charge in [-0.05, 0) is 18.6 Å². The van der Waals surface area contributed by atoms with E-state index in [0.29, 0.717) is 39.4 Å². The molecule has 20 heavy (non-hydrogen) atoms. The van der Waals surface area contributed by atoms with Crippen LogP contribution >= 0.6 is 0 Å². The number of hydrogen-bond acceptors (Lipinski definition) is 5. The molecule has 1 aromatic carbocycles. The number of ether oxygens (including phenoxy) is 3. The van der Waals surface area contributed by atoms with Crippen LogP contribution in [0.25, 0.3) is 0 Å². The van der Waals surface area contributed by atoms with Crippen LogP contribution < -0.4 is 5.32 Å². The van der Waals surface area contributed by atoms with Crippen LogP contribution in [0.1, 0.15) is 12.8 Å². The Balaban J connectivity index is 1.93. The topological polar surface area (TPSA) is 56.8 Å². The lowest BCUT2D eigenvalue weighted by atomic mass is 10.3. The summed E-state index contributed by atoms with van der Waals surface area (Å²) in [5, 5.41) is 3.15. The fourth-order valence-corrected chi connectivity index (χ4v) is 1.56. The van der Waals surface area contributed by atoms with Gasteiger partial charge in [-0.3, -0.25) is 4.79 Å². The molecule has 1 rings (SSSR count). The number of nitrogens with one attached hydrogen (secondary N) is 1. The van der Waals surface area contributed by atoms with E-state index in [9.17, 15) is 4.79 Å². The van der Waals surface area contributed by atoms with Crippen molar-refractivity contribution in [2.45, 2.75) is 12.8 Å². The number of rotatable bonds is 11. The number of anilines is 1. The Kier molecular flexibility index (Phi) is 9.26. The Hall–Kier alpha value is -1.59. The predicted octanol–water partition coefficient (Wildman–Crippen LogP) is 2.08. The minimum atomic E-state index is -0.214. The quantitative estimate of drug-likeness (QED) is 0.497. The number of esters is 1. The maximum Gasteiger partial charge on any atom is 0.307 e. The van der Waals surface area contributed by atoms with Crippen LogP contribution in [0.4, 0.5) is 5.69 Å². The van der Waals surface area contributed by atoms with Gasteiger partial charge >= 0.3 is 5.97 Å². The van der Waals surface area contributed by atoms with E-state index >= 15 is 0 Å². The lowest BCUT2D eigenvalue weighted by Gasteiger charge is -2.07. The summed E-state index contributed by atoms with van der Waals surface area (Å²) in [5.74, 6) is -0.214. The fourth-order valence-electron chi connectivity index (χ4n) is 1.56. The van der Waals surface area contributed by atoms with Crippen molar-refractivity contribution >= 4 is 11.7 Å². The molecule has 5 heteroatoms. The molecule has 0 radical (unpaired) electrons. The molecule has 0 aliphatic rings. The summed E-state index contributed by atoms with van der Waals surface area (Å²) >= 11 is 0. The average Bonchev–Trinajstić information content (AvgIpc) is 2.47. The lowest BCUT2D eigenvalue weighted by molar-refractivity contribution is -0.144. The van der Waals surface area contributed by atoms with Crippen molar-refractivity contribution < 1.29 is 19.0 Å². The largest absolute Gasteiger partial charge is 0.463 e. The number of benzene rings is 1. The molecule has 5 nitrogen and oxygen atoms in total. The van der Waals surface area contributed by atoms with Gasteiger partial charge in [-0.2, -0.15) is 0 Å². The van der Waals surface area contributed by atoms with Gasteiger partial charge in [0, 0.05) is 32.6 Å². The molecule has 0 aromatic heterocycles. The van der Waals surface area contributed by atoms with E-state index in [0.717, 1.165) is 12.1 Å². The Morgan fingerprint density at radius 3 is 2.65 bits per heavy atom. The van der Waals surface area contributed by atoms with Crippen molar-refractivity contribution in [2.75, 3.05) is 45.4 Å². The van der Waals surface area contributed by atoms with E-state index in [1.807, 2.05) is 30.3 Å². The first-order chi connectivity index (χ1) is 9.83. The van der Waals surface area contributed by atoms with Crippen LogP contribution in [0.2, 0.25) is 0 Å². The van der Waals surface area contributed by atoms with Crippen LogP contribution in [0.5, 0.6) is 0 Å². The van der Waals surface area contributed by atoms with E-state index in [1.165, 1.54) is 0 Å². The van der Waals surface area contributed by atoms with E-state index in [2.05, 4.69) is 5.32 Å². The Morgan fingerprint density at radius 2 is 1.90 bits per heavy atom. The molecule has 1 aromatic rings. The van der Waals surface area contributed by atoms with Crippen molar-refractivity contribution in [3.8, 4) is 0 Å². The second-order valence-corrected chi connectivity index (χ2v) is 4.22. The molecule has 0 saturated carbocycles. The molecule has 0 amide bonds. The van der Waals surface area contributed by atoms with E-state index in [-0.39, 0.29) is 5.97 Å². The van der Waals surface area contributed by atoms with Gasteiger partial charge in [0.15, 0.2) is 0 Å². The molecule has 0 heterocycles. The lowest BCUT2D eigenvalue weighted by Crippen LogP contribution is -2.14. The third-order valence-electron chi connectivity index (χ3n) is 2.56. The summed E-state index contributed by atoms with van der Waals surface area (Å²) in [6.45, 7) is 2.61. The number of methoxy groups -OCH3 is 1. The van der Waals surface area contributed by atoms with Gasteiger partial charge in [0.05, 0.1) is 13.0 Å². The molecule has 0 aliphatic carbocycles. The van der Waals surface area contributed by atoms with E-state index in [4.69, 9.17) is 14.2 Å². The summed E-state index contributed by atoms with van der Waals surface area (Å²) in [7, 11) is 1.66. The zero-order chi connectivity index (χ0) is 14.5. The summed E-state index contributed by atoms with van der Waals surface area (Å²) in [4.78, 5) is 11.4. The SMILES string of the molecule is COCCCOCCOC(=O)CCNc1ccccc1. The second kappa shape index (κ2) is 11.3. The third-order valence-corrected chi connectivity index (χ3v) is 2.56. The Labute approximate surface area is 120 Å². The van der Waals surface area contributed by atoms with Crippen LogP contribution in [0, 0.1) is 0 Å². The summed E-state index contributed by atoms with van der Waals surface area (Å²) in [6, 6.07) is 9.76. The second-order valence-electron chi connectivity index (χ2n) is 4.22. The number of para-hydroxylation sites is 1. The molecule has 0 bridgehead atoms. The van der Waals surface area contributed by atoms with Gasteiger partial charge < -0.3 is 19.5 Å².